The van der Waals surface area contributed by atoms with E-state index in [-0.39, 0.29) is 0 Å². The van der Waals surface area contributed by atoms with Gasteiger partial charge in [-0.05, 0) is 49.1 Å². The third-order valence-electron chi connectivity index (χ3n) is 6.57. The largest absolute Gasteiger partial charge is 0.476 e. The molecule has 1 saturated carbocycles. The van der Waals surface area contributed by atoms with E-state index in [4.69, 9.17) is 4.74 Å². The summed E-state index contributed by atoms with van der Waals surface area (Å²) in [7, 11) is 1.92. The number of rotatable bonds is 6. The summed E-state index contributed by atoms with van der Waals surface area (Å²) in [6.07, 6.45) is 4.49. The van der Waals surface area contributed by atoms with Crippen LogP contribution in [0.3, 0.4) is 0 Å². The molecule has 1 saturated heterocycles. The summed E-state index contributed by atoms with van der Waals surface area (Å²) in [4.78, 5) is 2.62. The standard InChI is InChI=1S/C24H29N5O/c1-17-22(15-28(2)27-17)23-8-9-24(26-25-23)30-16-19-10-20-13-29(14-21(20)11-19)12-18-6-4-3-5-7-18/h3-9,15,19-21H,10-14,16H2,1-2H3/t19?,20-,21+. The van der Waals surface area contributed by atoms with E-state index in [9.17, 15) is 0 Å². The first-order chi connectivity index (χ1) is 14.6. The quantitative estimate of drug-likeness (QED) is 0.628. The van der Waals surface area contributed by atoms with Crippen molar-refractivity contribution < 1.29 is 4.74 Å². The summed E-state index contributed by atoms with van der Waals surface area (Å²) >= 11 is 0. The maximum Gasteiger partial charge on any atom is 0.233 e. The van der Waals surface area contributed by atoms with E-state index in [1.807, 2.05) is 32.3 Å². The molecule has 2 fully saturated rings. The number of aromatic nitrogens is 4. The van der Waals surface area contributed by atoms with Crippen LogP contribution in [-0.2, 0) is 13.6 Å². The van der Waals surface area contributed by atoms with E-state index in [0.717, 1.165) is 41.9 Å². The molecule has 3 heterocycles. The van der Waals surface area contributed by atoms with E-state index in [2.05, 4.69) is 50.5 Å². The van der Waals surface area contributed by atoms with Crippen molar-refractivity contribution in [2.75, 3.05) is 19.7 Å². The predicted molar refractivity (Wildman–Crippen MR) is 116 cm³/mol. The molecule has 2 aromatic heterocycles. The number of ether oxygens (including phenoxy) is 1. The highest BCUT2D eigenvalue weighted by atomic mass is 16.5. The Kier molecular flexibility index (Phi) is 5.25. The number of hydrogen-bond acceptors (Lipinski definition) is 5. The summed E-state index contributed by atoms with van der Waals surface area (Å²) in [5.74, 6) is 2.86. The number of aryl methyl sites for hydroxylation is 2. The highest BCUT2D eigenvalue weighted by Gasteiger charge is 2.40. The SMILES string of the molecule is Cc1nn(C)cc1-c1ccc(OCC2C[C@@H]3CN(Cc4ccccc4)C[C@@H]3C2)nn1. The molecule has 1 aliphatic heterocycles. The van der Waals surface area contributed by atoms with Crippen LogP contribution < -0.4 is 4.74 Å². The monoisotopic (exact) mass is 403 g/mol. The van der Waals surface area contributed by atoms with Crippen LogP contribution in [0, 0.1) is 24.7 Å². The Morgan fingerprint density at radius 1 is 1.00 bits per heavy atom. The number of likely N-dealkylation sites (tertiary alicyclic amines) is 1. The molecule has 0 spiro atoms. The zero-order chi connectivity index (χ0) is 20.5. The molecule has 1 aliphatic carbocycles. The lowest BCUT2D eigenvalue weighted by Crippen LogP contribution is -2.22. The minimum Gasteiger partial charge on any atom is -0.476 e. The molecule has 3 atom stereocenters. The van der Waals surface area contributed by atoms with Gasteiger partial charge in [0, 0.05) is 44.5 Å². The van der Waals surface area contributed by atoms with E-state index in [1.165, 1.54) is 31.5 Å². The number of fused-ring (bicyclic) bond motifs is 1. The van der Waals surface area contributed by atoms with Crippen molar-refractivity contribution in [3.63, 3.8) is 0 Å². The number of benzene rings is 1. The van der Waals surface area contributed by atoms with Crippen LogP contribution >= 0.6 is 0 Å². The summed E-state index contributed by atoms with van der Waals surface area (Å²) < 4.78 is 7.80. The topological polar surface area (TPSA) is 56.1 Å². The van der Waals surface area contributed by atoms with Gasteiger partial charge in [-0.1, -0.05) is 30.3 Å². The first-order valence-corrected chi connectivity index (χ1v) is 10.9. The Balaban J connectivity index is 1.11. The average Bonchev–Trinajstić information content (AvgIpc) is 3.40. The van der Waals surface area contributed by atoms with Crippen LogP contribution in [0.5, 0.6) is 5.88 Å². The zero-order valence-electron chi connectivity index (χ0n) is 17.7. The molecule has 0 N–H and O–H groups in total. The Bertz CT molecular complexity index is 971. The average molecular weight is 404 g/mol. The van der Waals surface area contributed by atoms with Crippen LogP contribution in [0.25, 0.3) is 11.3 Å². The third kappa shape index (κ3) is 4.10. The van der Waals surface area contributed by atoms with Gasteiger partial charge >= 0.3 is 0 Å². The van der Waals surface area contributed by atoms with Gasteiger partial charge in [-0.2, -0.15) is 5.10 Å². The van der Waals surface area contributed by atoms with Gasteiger partial charge < -0.3 is 4.74 Å². The molecule has 30 heavy (non-hydrogen) atoms. The molecule has 156 valence electrons. The van der Waals surface area contributed by atoms with Gasteiger partial charge in [0.25, 0.3) is 0 Å². The highest BCUT2D eigenvalue weighted by Crippen LogP contribution is 2.42. The Labute approximate surface area is 177 Å². The smallest absolute Gasteiger partial charge is 0.233 e. The molecule has 6 heteroatoms. The van der Waals surface area contributed by atoms with Crippen molar-refractivity contribution in [1.29, 1.82) is 0 Å². The van der Waals surface area contributed by atoms with Crippen molar-refractivity contribution in [3.8, 4) is 17.1 Å². The summed E-state index contributed by atoms with van der Waals surface area (Å²) in [6.45, 7) is 6.24. The van der Waals surface area contributed by atoms with E-state index in [1.54, 1.807) is 4.68 Å². The summed E-state index contributed by atoms with van der Waals surface area (Å²) in [5, 5.41) is 13.0. The normalized spacial score (nSPS) is 23.6. The van der Waals surface area contributed by atoms with Crippen molar-refractivity contribution in [2.24, 2.45) is 24.8 Å². The zero-order valence-corrected chi connectivity index (χ0v) is 17.7. The van der Waals surface area contributed by atoms with Gasteiger partial charge in [-0.25, -0.2) is 0 Å². The van der Waals surface area contributed by atoms with Crippen molar-refractivity contribution in [2.45, 2.75) is 26.3 Å². The minimum atomic E-state index is 0.614. The lowest BCUT2D eigenvalue weighted by Gasteiger charge is -2.19. The molecule has 0 amide bonds. The van der Waals surface area contributed by atoms with Crippen LogP contribution in [0.1, 0.15) is 24.1 Å². The van der Waals surface area contributed by atoms with Crippen LogP contribution in [0.2, 0.25) is 0 Å². The maximum absolute atomic E-state index is 6.00. The van der Waals surface area contributed by atoms with Crippen LogP contribution in [0.15, 0.2) is 48.7 Å². The number of hydrogen-bond donors (Lipinski definition) is 0. The highest BCUT2D eigenvalue weighted by molar-refractivity contribution is 5.60. The van der Waals surface area contributed by atoms with Gasteiger partial charge in [0.1, 0.15) is 0 Å². The Morgan fingerprint density at radius 2 is 1.77 bits per heavy atom. The summed E-state index contributed by atoms with van der Waals surface area (Å²) in [6, 6.07) is 14.7. The molecule has 1 unspecified atom stereocenters. The third-order valence-corrected chi connectivity index (χ3v) is 6.57. The van der Waals surface area contributed by atoms with Gasteiger partial charge in [0.2, 0.25) is 5.88 Å². The molecule has 3 aromatic rings. The second-order valence-electron chi connectivity index (χ2n) is 8.91. The second kappa shape index (κ2) is 8.19. The fourth-order valence-electron chi connectivity index (χ4n) is 5.22. The van der Waals surface area contributed by atoms with Gasteiger partial charge in [0.05, 0.1) is 18.0 Å². The van der Waals surface area contributed by atoms with E-state index >= 15 is 0 Å². The second-order valence-corrected chi connectivity index (χ2v) is 8.91. The molecular weight excluding hydrogens is 374 g/mol. The molecule has 5 rings (SSSR count). The summed E-state index contributed by atoms with van der Waals surface area (Å²) in [5.41, 5.74) is 4.22. The Morgan fingerprint density at radius 3 is 2.40 bits per heavy atom. The molecular formula is C24H29N5O. The van der Waals surface area contributed by atoms with Crippen molar-refractivity contribution in [1.82, 2.24) is 24.9 Å². The van der Waals surface area contributed by atoms with Gasteiger partial charge in [0.15, 0.2) is 0 Å². The van der Waals surface area contributed by atoms with Gasteiger partial charge in [-0.3, -0.25) is 9.58 Å². The minimum absolute atomic E-state index is 0.614. The first-order valence-electron chi connectivity index (χ1n) is 10.9. The first kappa shape index (κ1) is 19.2. The molecule has 0 radical (unpaired) electrons. The maximum atomic E-state index is 6.00. The van der Waals surface area contributed by atoms with Crippen molar-refractivity contribution in [3.05, 3.63) is 59.9 Å². The number of nitrogens with zero attached hydrogens (tertiary/aromatic N) is 5. The van der Waals surface area contributed by atoms with Crippen LogP contribution in [-0.4, -0.2) is 44.6 Å². The van der Waals surface area contributed by atoms with E-state index < -0.39 is 0 Å². The fourth-order valence-corrected chi connectivity index (χ4v) is 5.22. The fraction of sp³-hybridized carbons (Fsp3) is 0.458. The predicted octanol–water partition coefficient (Wildman–Crippen LogP) is 3.72. The lowest BCUT2D eigenvalue weighted by molar-refractivity contribution is 0.219. The molecule has 2 aliphatic rings. The Hall–Kier alpha value is -2.73. The van der Waals surface area contributed by atoms with Gasteiger partial charge in [-0.15, -0.1) is 10.2 Å². The molecule has 1 aromatic carbocycles. The molecule has 6 nitrogen and oxygen atoms in total. The van der Waals surface area contributed by atoms with Crippen LogP contribution in [0.4, 0.5) is 0 Å². The molecule has 0 bridgehead atoms. The van der Waals surface area contributed by atoms with E-state index in [0.29, 0.717) is 11.8 Å². The lowest BCUT2D eigenvalue weighted by atomic mass is 10.0. The van der Waals surface area contributed by atoms with Crippen molar-refractivity contribution >= 4 is 0 Å².